The van der Waals surface area contributed by atoms with Crippen LogP contribution in [-0.4, -0.2) is 20.7 Å². The van der Waals surface area contributed by atoms with Crippen LogP contribution in [-0.2, 0) is 12.8 Å². The van der Waals surface area contributed by atoms with Crippen molar-refractivity contribution in [3.05, 3.63) is 88.4 Å². The summed E-state index contributed by atoms with van der Waals surface area (Å²) in [7, 11) is 0. The number of aromatic nitrogens is 3. The van der Waals surface area contributed by atoms with E-state index < -0.39 is 0 Å². The molecule has 3 rings (SSSR count). The molecule has 0 atom stereocenters. The van der Waals surface area contributed by atoms with Crippen molar-refractivity contribution >= 4 is 11.8 Å². The number of hydrogen-bond acceptors (Lipinski definition) is 4. The normalized spacial score (nSPS) is 10.9. The Labute approximate surface area is 177 Å². The second-order valence-corrected chi connectivity index (χ2v) is 8.40. The molecule has 0 bridgehead atoms. The van der Waals surface area contributed by atoms with Crippen molar-refractivity contribution in [2.75, 3.05) is 5.75 Å². The van der Waals surface area contributed by atoms with Crippen molar-refractivity contribution in [3.63, 3.8) is 0 Å². The van der Waals surface area contributed by atoms with Gasteiger partial charge in [-0.15, -0.1) is 11.8 Å². The first kappa shape index (κ1) is 21.3. The Morgan fingerprint density at radius 2 is 1.59 bits per heavy atom. The monoisotopic (exact) mass is 407 g/mol. The molecule has 0 radical (unpaired) electrons. The SMILES string of the molecule is O=c1[nH]c(Cc2cccnc2)ncc1SCCCCCCCCc1ccccc1. The molecule has 29 heavy (non-hydrogen) atoms. The van der Waals surface area contributed by atoms with Crippen LogP contribution < -0.4 is 5.56 Å². The molecule has 0 unspecified atom stereocenters. The first-order chi connectivity index (χ1) is 14.3. The largest absolute Gasteiger partial charge is 0.309 e. The molecule has 2 aromatic heterocycles. The molecule has 0 fully saturated rings. The van der Waals surface area contributed by atoms with Crippen LogP contribution in [0.4, 0.5) is 0 Å². The molecule has 0 spiro atoms. The van der Waals surface area contributed by atoms with Crippen molar-refractivity contribution in [3.8, 4) is 0 Å². The van der Waals surface area contributed by atoms with E-state index in [0.717, 1.165) is 17.7 Å². The van der Waals surface area contributed by atoms with Gasteiger partial charge < -0.3 is 4.98 Å². The van der Waals surface area contributed by atoms with E-state index in [1.54, 1.807) is 30.4 Å². The molecule has 0 aliphatic rings. The standard InChI is InChI=1S/C24H29N3OS/c28-24-22(19-26-23(27-24)17-21-14-10-15-25-18-21)29-16-9-4-2-1-3-6-11-20-12-7-5-8-13-20/h5,7-8,10,12-15,18-19H,1-4,6,9,11,16-17H2,(H,26,27,28). The van der Waals surface area contributed by atoms with Crippen LogP contribution in [0.1, 0.15) is 55.5 Å². The maximum atomic E-state index is 12.3. The van der Waals surface area contributed by atoms with Crippen molar-refractivity contribution < 1.29 is 0 Å². The first-order valence-corrected chi connectivity index (χ1v) is 11.4. The summed E-state index contributed by atoms with van der Waals surface area (Å²) in [5.74, 6) is 1.65. The lowest BCUT2D eigenvalue weighted by atomic mass is 10.1. The van der Waals surface area contributed by atoms with E-state index in [2.05, 4.69) is 45.3 Å². The predicted molar refractivity (Wildman–Crippen MR) is 120 cm³/mol. The zero-order chi connectivity index (χ0) is 20.2. The Morgan fingerprint density at radius 1 is 0.828 bits per heavy atom. The number of rotatable bonds is 12. The van der Waals surface area contributed by atoms with Gasteiger partial charge in [0.05, 0.1) is 4.90 Å². The quantitative estimate of drug-likeness (QED) is 0.321. The average molecular weight is 408 g/mol. The molecule has 1 N–H and O–H groups in total. The van der Waals surface area contributed by atoms with Crippen LogP contribution in [0, 0.1) is 0 Å². The number of pyridine rings is 1. The molecule has 2 heterocycles. The van der Waals surface area contributed by atoms with Gasteiger partial charge in [0.2, 0.25) is 0 Å². The van der Waals surface area contributed by atoms with Gasteiger partial charge in [0.25, 0.3) is 5.56 Å². The zero-order valence-electron chi connectivity index (χ0n) is 16.8. The highest BCUT2D eigenvalue weighted by atomic mass is 32.2. The Hall–Kier alpha value is -2.40. The number of thioether (sulfide) groups is 1. The number of benzene rings is 1. The van der Waals surface area contributed by atoms with E-state index in [9.17, 15) is 4.79 Å². The molecule has 152 valence electrons. The highest BCUT2D eigenvalue weighted by molar-refractivity contribution is 7.99. The number of aromatic amines is 1. The van der Waals surface area contributed by atoms with Crippen LogP contribution in [0.2, 0.25) is 0 Å². The maximum Gasteiger partial charge on any atom is 0.264 e. The summed E-state index contributed by atoms with van der Waals surface area (Å²) in [4.78, 5) is 24.4. The lowest BCUT2D eigenvalue weighted by Crippen LogP contribution is -2.13. The minimum Gasteiger partial charge on any atom is -0.309 e. The fourth-order valence-corrected chi connectivity index (χ4v) is 4.15. The fourth-order valence-electron chi connectivity index (χ4n) is 3.27. The van der Waals surface area contributed by atoms with Crippen LogP contribution >= 0.6 is 11.8 Å². The van der Waals surface area contributed by atoms with Gasteiger partial charge in [-0.2, -0.15) is 0 Å². The van der Waals surface area contributed by atoms with Gasteiger partial charge in [0, 0.05) is 25.0 Å². The molecule has 4 nitrogen and oxygen atoms in total. The third kappa shape index (κ3) is 7.86. The minimum absolute atomic E-state index is 0.0372. The van der Waals surface area contributed by atoms with Gasteiger partial charge in [0.1, 0.15) is 5.82 Å². The Kier molecular flexibility index (Phi) is 8.98. The van der Waals surface area contributed by atoms with E-state index in [4.69, 9.17) is 0 Å². The average Bonchev–Trinajstić information content (AvgIpc) is 2.75. The predicted octanol–water partition coefficient (Wildman–Crippen LogP) is 5.43. The second-order valence-electron chi connectivity index (χ2n) is 7.27. The van der Waals surface area contributed by atoms with Gasteiger partial charge >= 0.3 is 0 Å². The molecule has 0 saturated heterocycles. The molecule has 0 amide bonds. The summed E-state index contributed by atoms with van der Waals surface area (Å²) < 4.78 is 0. The Bertz CT molecular complexity index is 897. The fraction of sp³-hybridized carbons (Fsp3) is 0.375. The van der Waals surface area contributed by atoms with Crippen molar-refractivity contribution in [2.24, 2.45) is 0 Å². The third-order valence-corrected chi connectivity index (χ3v) is 5.97. The summed E-state index contributed by atoms with van der Waals surface area (Å²) >= 11 is 1.61. The van der Waals surface area contributed by atoms with Gasteiger partial charge in [-0.1, -0.05) is 62.1 Å². The summed E-state index contributed by atoms with van der Waals surface area (Å²) in [6.07, 6.45) is 14.5. The smallest absolute Gasteiger partial charge is 0.264 e. The zero-order valence-corrected chi connectivity index (χ0v) is 17.7. The molecular weight excluding hydrogens is 378 g/mol. The lowest BCUT2D eigenvalue weighted by molar-refractivity contribution is 0.609. The number of unbranched alkanes of at least 4 members (excludes halogenated alkanes) is 5. The molecule has 0 aliphatic carbocycles. The van der Waals surface area contributed by atoms with Gasteiger partial charge in [-0.05, 0) is 42.2 Å². The summed E-state index contributed by atoms with van der Waals surface area (Å²) in [5, 5.41) is 0. The molecule has 0 saturated carbocycles. The Balaban J connectivity index is 1.27. The summed E-state index contributed by atoms with van der Waals surface area (Å²) in [6.45, 7) is 0. The molecular formula is C24H29N3OS. The van der Waals surface area contributed by atoms with Gasteiger partial charge in [0.15, 0.2) is 0 Å². The number of hydrogen-bond donors (Lipinski definition) is 1. The van der Waals surface area contributed by atoms with Gasteiger partial charge in [-0.3, -0.25) is 9.78 Å². The van der Waals surface area contributed by atoms with Crippen LogP contribution in [0.3, 0.4) is 0 Å². The van der Waals surface area contributed by atoms with Crippen LogP contribution in [0.15, 0.2) is 70.7 Å². The van der Waals surface area contributed by atoms with Crippen molar-refractivity contribution in [1.29, 1.82) is 0 Å². The van der Waals surface area contributed by atoms with E-state index in [1.165, 1.54) is 44.1 Å². The number of nitrogens with zero attached hydrogens (tertiary/aromatic N) is 2. The number of nitrogens with one attached hydrogen (secondary N) is 1. The molecule has 5 heteroatoms. The Morgan fingerprint density at radius 3 is 2.34 bits per heavy atom. The van der Waals surface area contributed by atoms with E-state index in [1.807, 2.05) is 12.1 Å². The summed E-state index contributed by atoms with van der Waals surface area (Å²) in [5.41, 5.74) is 2.44. The second kappa shape index (κ2) is 12.2. The molecule has 1 aromatic carbocycles. The third-order valence-electron chi connectivity index (χ3n) is 4.87. The van der Waals surface area contributed by atoms with Crippen LogP contribution in [0.25, 0.3) is 0 Å². The van der Waals surface area contributed by atoms with Gasteiger partial charge in [-0.25, -0.2) is 4.98 Å². The maximum absolute atomic E-state index is 12.3. The molecule has 0 aliphatic heterocycles. The van der Waals surface area contributed by atoms with Crippen molar-refractivity contribution in [2.45, 2.75) is 56.3 Å². The topological polar surface area (TPSA) is 58.6 Å². The highest BCUT2D eigenvalue weighted by Crippen LogP contribution is 2.16. The summed E-state index contributed by atoms with van der Waals surface area (Å²) in [6, 6.07) is 14.6. The minimum atomic E-state index is -0.0372. The first-order valence-electron chi connectivity index (χ1n) is 10.4. The number of H-pyrrole nitrogens is 1. The number of aryl methyl sites for hydroxylation is 1. The van der Waals surface area contributed by atoms with Crippen molar-refractivity contribution in [1.82, 2.24) is 15.0 Å². The molecule has 3 aromatic rings. The van der Waals surface area contributed by atoms with E-state index in [0.29, 0.717) is 17.1 Å². The van der Waals surface area contributed by atoms with Crippen LogP contribution in [0.5, 0.6) is 0 Å². The van der Waals surface area contributed by atoms with E-state index in [-0.39, 0.29) is 5.56 Å². The lowest BCUT2D eigenvalue weighted by Gasteiger charge is -2.04. The highest BCUT2D eigenvalue weighted by Gasteiger charge is 2.05. The van der Waals surface area contributed by atoms with E-state index >= 15 is 0 Å².